The predicted molar refractivity (Wildman–Crippen MR) is 254 cm³/mol. The van der Waals surface area contributed by atoms with E-state index >= 15 is 0 Å². The van der Waals surface area contributed by atoms with Crippen molar-refractivity contribution in [2.24, 2.45) is 9.98 Å². The van der Waals surface area contributed by atoms with Gasteiger partial charge in [-0.1, -0.05) is 154 Å². The van der Waals surface area contributed by atoms with Crippen LogP contribution in [0.2, 0.25) is 0 Å². The molecule has 1 aliphatic rings. The van der Waals surface area contributed by atoms with Crippen molar-refractivity contribution in [3.05, 3.63) is 137 Å². The van der Waals surface area contributed by atoms with Gasteiger partial charge < -0.3 is 10.2 Å². The normalized spacial score (nSPS) is 16.8. The lowest BCUT2D eigenvalue weighted by molar-refractivity contribution is 0.390. The minimum Gasteiger partial charge on any atom is -0.507 e. The van der Waals surface area contributed by atoms with Crippen molar-refractivity contribution >= 4 is 42.7 Å². The highest BCUT2D eigenvalue weighted by molar-refractivity contribution is 7.99. The predicted octanol–water partition coefficient (Wildman–Crippen LogP) is 12.7. The summed E-state index contributed by atoms with van der Waals surface area (Å²) in [5.74, 6) is 1.64. The first-order valence-corrected chi connectivity index (χ1v) is 23.4. The zero-order valence-corrected chi connectivity index (χ0v) is 37.8. The molecular weight excluding hydrogens is 748 g/mol. The summed E-state index contributed by atoms with van der Waals surface area (Å²) in [6.45, 7) is 19.5. The largest absolute Gasteiger partial charge is 0.507 e. The summed E-state index contributed by atoms with van der Waals surface area (Å²) < 4.78 is 0. The molecule has 0 aromatic heterocycles. The fourth-order valence-electron chi connectivity index (χ4n) is 7.67. The molecule has 0 spiro atoms. The van der Waals surface area contributed by atoms with Gasteiger partial charge in [0.05, 0.1) is 12.1 Å². The van der Waals surface area contributed by atoms with Gasteiger partial charge in [-0.2, -0.15) is 0 Å². The maximum atomic E-state index is 11.7. The Bertz CT molecular complexity index is 2150. The molecule has 0 saturated heterocycles. The summed E-state index contributed by atoms with van der Waals surface area (Å²) in [6, 6.07) is 39.2. The third kappa shape index (κ3) is 10.9. The zero-order chi connectivity index (χ0) is 41.7. The van der Waals surface area contributed by atoms with Gasteiger partial charge in [-0.3, -0.25) is 9.98 Å². The lowest BCUT2D eigenvalue weighted by Crippen LogP contribution is -2.27. The average molecular weight is 811 g/mol. The van der Waals surface area contributed by atoms with Crippen molar-refractivity contribution < 1.29 is 10.2 Å². The Labute approximate surface area is 354 Å². The molecule has 0 heterocycles. The maximum Gasteiger partial charge on any atom is 0.128 e. The van der Waals surface area contributed by atoms with Crippen LogP contribution < -0.4 is 10.6 Å². The van der Waals surface area contributed by atoms with Crippen LogP contribution in [0.5, 0.6) is 11.5 Å². The van der Waals surface area contributed by atoms with E-state index in [9.17, 15) is 10.2 Å². The summed E-state index contributed by atoms with van der Waals surface area (Å²) in [5.41, 5.74) is 6.18. The van der Waals surface area contributed by atoms with E-state index in [1.165, 1.54) is 21.1 Å². The van der Waals surface area contributed by atoms with Gasteiger partial charge in [0.15, 0.2) is 0 Å². The lowest BCUT2D eigenvalue weighted by Gasteiger charge is -2.28. The first-order valence-electron chi connectivity index (χ1n) is 20.9. The van der Waals surface area contributed by atoms with Gasteiger partial charge in [-0.25, -0.2) is 0 Å². The second kappa shape index (κ2) is 18.4. The van der Waals surface area contributed by atoms with Gasteiger partial charge in [0.2, 0.25) is 0 Å². The molecule has 0 bridgehead atoms. The van der Waals surface area contributed by atoms with E-state index in [1.807, 2.05) is 24.2 Å². The third-order valence-electron chi connectivity index (χ3n) is 11.2. The molecule has 4 nitrogen and oxygen atoms in total. The number of aliphatic imine (C=N–C) groups is 2. The molecule has 2 atom stereocenters. The van der Waals surface area contributed by atoms with E-state index in [0.29, 0.717) is 5.75 Å². The molecular formula is C52H63N2O2PS. The third-order valence-corrected chi connectivity index (χ3v) is 15.0. The summed E-state index contributed by atoms with van der Waals surface area (Å²) >= 11 is 1.92. The van der Waals surface area contributed by atoms with E-state index < -0.39 is 7.92 Å². The zero-order valence-electron chi connectivity index (χ0n) is 36.1. The van der Waals surface area contributed by atoms with Crippen molar-refractivity contribution in [3.8, 4) is 22.6 Å². The van der Waals surface area contributed by atoms with Crippen molar-refractivity contribution in [1.29, 1.82) is 0 Å². The molecule has 0 amide bonds. The number of hydrogen-bond donors (Lipinski definition) is 2. The molecule has 1 saturated carbocycles. The number of thioether (sulfide) groups is 1. The fraction of sp³-hybridized carbons (Fsp3) is 0.385. The Kier molecular flexibility index (Phi) is 13.8. The number of rotatable bonds is 11. The van der Waals surface area contributed by atoms with Crippen LogP contribution in [-0.4, -0.2) is 46.6 Å². The van der Waals surface area contributed by atoms with Gasteiger partial charge in [0.25, 0.3) is 0 Å². The standard InChI is InChI=1S/C52H63N2O2PS/c1-50(2,3)40-31-39(49(56)45(33-40)52(7,8)9)35-54-47-23-17-16-22-46(47)53-34-38-30-37(32-44(48(38)55)51(4,5)6)36-24-26-43(27-25-36)58-29-28-57(41-18-12-10-13-19-41)42-20-14-11-15-21-42/h10-15,18-21,24-27,30-35,46-47,55-56H,16-17,22-23,28-29H2,1-9H3/t46-,47-/m1/s1. The van der Waals surface area contributed by atoms with Gasteiger partial charge in [0, 0.05) is 45.3 Å². The Morgan fingerprint density at radius 3 is 1.55 bits per heavy atom. The maximum absolute atomic E-state index is 11.7. The van der Waals surface area contributed by atoms with Crippen LogP contribution in [-0.2, 0) is 16.2 Å². The smallest absolute Gasteiger partial charge is 0.128 e. The minimum absolute atomic E-state index is 0.00449. The molecule has 5 aromatic rings. The monoisotopic (exact) mass is 810 g/mol. The SMILES string of the molecule is CC(C)(C)c1cc(C=N[C@@H]2CCCC[C@H]2N=Cc2cc(-c3ccc(SCCP(c4ccccc4)c4ccccc4)cc3)cc(C(C)(C)C)c2O)c(O)c(C(C)(C)C)c1. The molecule has 0 unspecified atom stereocenters. The van der Waals surface area contributed by atoms with Crippen molar-refractivity contribution in [2.75, 3.05) is 11.9 Å². The van der Waals surface area contributed by atoms with Crippen LogP contribution in [0.1, 0.15) is 116 Å². The Hall–Kier alpha value is -4.18. The highest BCUT2D eigenvalue weighted by Crippen LogP contribution is 2.40. The Morgan fingerprint density at radius 1 is 0.586 bits per heavy atom. The number of hydrogen-bond acceptors (Lipinski definition) is 5. The summed E-state index contributed by atoms with van der Waals surface area (Å²) in [6.07, 6.45) is 8.93. The number of benzene rings is 5. The molecule has 1 aliphatic carbocycles. The van der Waals surface area contributed by atoms with Crippen LogP contribution in [0, 0.1) is 0 Å². The summed E-state index contributed by atoms with van der Waals surface area (Å²) in [5, 5.41) is 25.9. The molecule has 6 rings (SSSR count). The number of phenols is 2. The number of nitrogens with zero attached hydrogens (tertiary/aromatic N) is 2. The highest BCUT2D eigenvalue weighted by Gasteiger charge is 2.27. The van der Waals surface area contributed by atoms with E-state index in [2.05, 4.69) is 172 Å². The minimum atomic E-state index is -0.423. The molecule has 5 aromatic carbocycles. The molecule has 58 heavy (non-hydrogen) atoms. The van der Waals surface area contributed by atoms with Gasteiger partial charge in [-0.05, 0) is 101 Å². The number of phenolic OH excluding ortho intramolecular Hbond substituents is 2. The molecule has 0 radical (unpaired) electrons. The van der Waals surface area contributed by atoms with Gasteiger partial charge in [0.1, 0.15) is 11.5 Å². The Balaban J connectivity index is 1.22. The second-order valence-electron chi connectivity index (χ2n) is 18.8. The molecule has 6 heteroatoms. The summed E-state index contributed by atoms with van der Waals surface area (Å²) in [4.78, 5) is 11.5. The summed E-state index contributed by atoms with van der Waals surface area (Å²) in [7, 11) is -0.423. The van der Waals surface area contributed by atoms with Gasteiger partial charge in [-0.15, -0.1) is 11.8 Å². The molecule has 304 valence electrons. The molecule has 0 aliphatic heterocycles. The van der Waals surface area contributed by atoms with E-state index in [-0.39, 0.29) is 34.1 Å². The lowest BCUT2D eigenvalue weighted by atomic mass is 9.79. The van der Waals surface area contributed by atoms with E-state index in [1.54, 1.807) is 0 Å². The van der Waals surface area contributed by atoms with Crippen LogP contribution in [0.15, 0.2) is 124 Å². The van der Waals surface area contributed by atoms with Crippen LogP contribution in [0.25, 0.3) is 11.1 Å². The highest BCUT2D eigenvalue weighted by atomic mass is 32.2. The number of aromatic hydroxyl groups is 2. The fourth-order valence-corrected chi connectivity index (χ4v) is 11.2. The van der Waals surface area contributed by atoms with Crippen molar-refractivity contribution in [2.45, 2.75) is 121 Å². The van der Waals surface area contributed by atoms with Crippen LogP contribution in [0.4, 0.5) is 0 Å². The molecule has 2 N–H and O–H groups in total. The van der Waals surface area contributed by atoms with E-state index in [0.717, 1.165) is 71.0 Å². The Morgan fingerprint density at radius 2 is 1.07 bits per heavy atom. The first kappa shape index (κ1) is 43.4. The van der Waals surface area contributed by atoms with E-state index in [4.69, 9.17) is 9.98 Å². The van der Waals surface area contributed by atoms with Crippen molar-refractivity contribution in [1.82, 2.24) is 0 Å². The van der Waals surface area contributed by atoms with Crippen LogP contribution in [0.3, 0.4) is 0 Å². The topological polar surface area (TPSA) is 65.2 Å². The molecule has 1 fully saturated rings. The quantitative estimate of drug-likeness (QED) is 0.0793. The van der Waals surface area contributed by atoms with Crippen molar-refractivity contribution in [3.63, 3.8) is 0 Å². The first-order chi connectivity index (χ1) is 27.5. The van der Waals surface area contributed by atoms with Gasteiger partial charge >= 0.3 is 0 Å². The second-order valence-corrected chi connectivity index (χ2v) is 22.3. The average Bonchev–Trinajstić information content (AvgIpc) is 3.18. The van der Waals surface area contributed by atoms with Crippen LogP contribution >= 0.6 is 19.7 Å².